The second-order valence-electron chi connectivity index (χ2n) is 6.41. The van der Waals surface area contributed by atoms with E-state index in [0.29, 0.717) is 26.8 Å². The summed E-state index contributed by atoms with van der Waals surface area (Å²) < 4.78 is 13.1. The molecule has 2 aromatic carbocycles. The molecule has 1 N–H and O–H groups in total. The number of halogens is 3. The molecule has 162 valence electrons. The lowest BCUT2D eigenvalue weighted by atomic mass is 10.2. The first-order valence-electron chi connectivity index (χ1n) is 8.82. The Hall–Kier alpha value is -2.43. The highest BCUT2D eigenvalue weighted by Gasteiger charge is 2.22. The van der Waals surface area contributed by atoms with Gasteiger partial charge in [-0.25, -0.2) is 9.78 Å². The Morgan fingerprint density at radius 1 is 1.35 bits per heavy atom. The average Bonchev–Trinajstić information content (AvgIpc) is 2.73. The number of hydrogen-bond donors (Lipinski definition) is 1. The molecule has 3 aromatic rings. The largest absolute Gasteiger partial charge is 0.493 e. The lowest BCUT2D eigenvalue weighted by Crippen LogP contribution is -2.23. The second kappa shape index (κ2) is 9.37. The topological polar surface area (TPSA) is 103 Å². The number of methoxy groups -OCH3 is 1. The zero-order valence-electron chi connectivity index (χ0n) is 16.5. The van der Waals surface area contributed by atoms with Gasteiger partial charge in [-0.2, -0.15) is 9.78 Å². The van der Waals surface area contributed by atoms with Crippen LogP contribution in [0.2, 0.25) is 5.02 Å². The van der Waals surface area contributed by atoms with E-state index in [2.05, 4.69) is 41.9 Å². The van der Waals surface area contributed by atoms with E-state index in [9.17, 15) is 9.59 Å². The lowest BCUT2D eigenvalue weighted by molar-refractivity contribution is -0.144. The molecule has 0 saturated carbocycles. The molecule has 0 aliphatic rings. The summed E-state index contributed by atoms with van der Waals surface area (Å²) in [5.41, 5.74) is 0.722. The number of carboxylic acid groups (broad SMARTS) is 1. The third-order valence-corrected chi connectivity index (χ3v) is 6.24. The molecule has 1 atom stereocenters. The highest BCUT2D eigenvalue weighted by atomic mass is 79.9. The van der Waals surface area contributed by atoms with E-state index in [0.717, 1.165) is 4.47 Å². The van der Waals surface area contributed by atoms with Crippen molar-refractivity contribution in [2.45, 2.75) is 20.0 Å². The number of benzene rings is 2. The normalized spacial score (nSPS) is 12.3. The Kier molecular flexibility index (Phi) is 7.03. The van der Waals surface area contributed by atoms with Gasteiger partial charge in [0.05, 0.1) is 24.2 Å². The molecule has 0 aliphatic carbocycles. The fourth-order valence-electron chi connectivity index (χ4n) is 2.70. The third kappa shape index (κ3) is 4.76. The number of hydrogen-bond acceptors (Lipinski definition) is 6. The minimum atomic E-state index is -1.15. The predicted octanol–water partition coefficient (Wildman–Crippen LogP) is 4.63. The van der Waals surface area contributed by atoms with E-state index in [1.165, 1.54) is 24.9 Å². The van der Waals surface area contributed by atoms with Crippen LogP contribution in [0.3, 0.4) is 0 Å². The van der Waals surface area contributed by atoms with Crippen LogP contribution < -0.4 is 15.0 Å². The van der Waals surface area contributed by atoms with Crippen LogP contribution in [0.5, 0.6) is 11.5 Å². The highest BCUT2D eigenvalue weighted by molar-refractivity contribution is 9.10. The molecule has 0 bridgehead atoms. The Bertz CT molecular complexity index is 1280. The summed E-state index contributed by atoms with van der Waals surface area (Å²) >= 11 is 13.1. The molecule has 3 rings (SSSR count). The number of aliphatic carboxylic acids is 1. The summed E-state index contributed by atoms with van der Waals surface area (Å²) in [6.45, 7) is 3.05. The van der Waals surface area contributed by atoms with Gasteiger partial charge in [0.1, 0.15) is 10.8 Å². The van der Waals surface area contributed by atoms with E-state index in [1.54, 1.807) is 25.1 Å². The maximum atomic E-state index is 12.9. The van der Waals surface area contributed by atoms with Gasteiger partial charge in [-0.15, -0.1) is 0 Å². The van der Waals surface area contributed by atoms with E-state index in [4.69, 9.17) is 26.2 Å². The molecule has 0 amide bonds. The Balaban J connectivity index is 2.08. The van der Waals surface area contributed by atoms with Gasteiger partial charge in [0.25, 0.3) is 5.56 Å². The maximum Gasteiger partial charge on any atom is 0.344 e. The number of nitrogens with zero attached hydrogens (tertiary/aromatic N) is 3. The van der Waals surface area contributed by atoms with Crippen molar-refractivity contribution >= 4 is 66.5 Å². The SMILES string of the molecule is COc1cc(C=Nn2c(C)nc3ccc(Br)cc3c2=O)c(Br)c(Cl)c1O[C@H](C)C(=O)O. The molecule has 0 spiro atoms. The zero-order chi connectivity index (χ0) is 22.9. The summed E-state index contributed by atoms with van der Waals surface area (Å²) in [6, 6.07) is 6.80. The Labute approximate surface area is 198 Å². The van der Waals surface area contributed by atoms with Crippen LogP contribution in [-0.2, 0) is 4.79 Å². The van der Waals surface area contributed by atoms with E-state index in [-0.39, 0.29) is 22.1 Å². The summed E-state index contributed by atoms with van der Waals surface area (Å²) in [5.74, 6) is -0.452. The smallest absolute Gasteiger partial charge is 0.344 e. The van der Waals surface area contributed by atoms with Crippen molar-refractivity contribution < 1.29 is 19.4 Å². The van der Waals surface area contributed by atoms with Crippen molar-refractivity contribution in [3.05, 3.63) is 60.0 Å². The van der Waals surface area contributed by atoms with Crippen molar-refractivity contribution in [1.82, 2.24) is 9.66 Å². The molecular formula is C20H16Br2ClN3O5. The average molecular weight is 574 g/mol. The minimum Gasteiger partial charge on any atom is -0.493 e. The number of carboxylic acids is 1. The van der Waals surface area contributed by atoms with E-state index >= 15 is 0 Å². The maximum absolute atomic E-state index is 12.9. The summed E-state index contributed by atoms with van der Waals surface area (Å²) in [4.78, 5) is 28.4. The third-order valence-electron chi connectivity index (χ3n) is 4.30. The van der Waals surface area contributed by atoms with Crippen molar-refractivity contribution in [2.24, 2.45) is 5.10 Å². The van der Waals surface area contributed by atoms with Crippen LogP contribution in [-0.4, -0.2) is 40.2 Å². The molecule has 31 heavy (non-hydrogen) atoms. The van der Waals surface area contributed by atoms with Crippen LogP contribution in [0.15, 0.2) is 43.1 Å². The minimum absolute atomic E-state index is 0.0775. The van der Waals surface area contributed by atoms with Crippen molar-refractivity contribution in [2.75, 3.05) is 7.11 Å². The molecule has 0 saturated heterocycles. The zero-order valence-corrected chi connectivity index (χ0v) is 20.4. The summed E-state index contributed by atoms with van der Waals surface area (Å²) in [5, 5.41) is 13.9. The Morgan fingerprint density at radius 2 is 2.06 bits per heavy atom. The fourth-order valence-corrected chi connectivity index (χ4v) is 3.71. The van der Waals surface area contributed by atoms with Gasteiger partial charge in [-0.3, -0.25) is 4.79 Å². The molecule has 0 fully saturated rings. The number of aryl methyl sites for hydroxylation is 1. The van der Waals surface area contributed by atoms with Crippen LogP contribution in [0.4, 0.5) is 0 Å². The molecule has 8 nitrogen and oxygen atoms in total. The van der Waals surface area contributed by atoms with Crippen molar-refractivity contribution in [1.29, 1.82) is 0 Å². The number of rotatable bonds is 6. The first kappa shape index (κ1) is 23.2. The van der Waals surface area contributed by atoms with Gasteiger partial charge < -0.3 is 14.6 Å². The van der Waals surface area contributed by atoms with E-state index < -0.39 is 12.1 Å². The van der Waals surface area contributed by atoms with Crippen molar-refractivity contribution in [3.63, 3.8) is 0 Å². The second-order valence-corrected chi connectivity index (χ2v) is 8.49. The molecular weight excluding hydrogens is 557 g/mol. The van der Waals surface area contributed by atoms with Crippen LogP contribution in [0.25, 0.3) is 10.9 Å². The fraction of sp³-hybridized carbons (Fsp3) is 0.200. The van der Waals surface area contributed by atoms with Crippen LogP contribution in [0.1, 0.15) is 18.3 Å². The molecule has 1 aromatic heterocycles. The van der Waals surface area contributed by atoms with Crippen LogP contribution >= 0.6 is 43.5 Å². The molecule has 0 radical (unpaired) electrons. The molecule has 11 heteroatoms. The number of aromatic nitrogens is 2. The Morgan fingerprint density at radius 3 is 2.71 bits per heavy atom. The first-order chi connectivity index (χ1) is 14.6. The van der Waals surface area contributed by atoms with Gasteiger partial charge in [0.2, 0.25) is 0 Å². The number of carbonyl (C=O) groups is 1. The lowest BCUT2D eigenvalue weighted by Gasteiger charge is -2.17. The van der Waals surface area contributed by atoms with E-state index in [1.807, 2.05) is 6.07 Å². The predicted molar refractivity (Wildman–Crippen MR) is 125 cm³/mol. The van der Waals surface area contributed by atoms with Gasteiger partial charge in [-0.05, 0) is 54.0 Å². The molecule has 0 unspecified atom stereocenters. The summed E-state index contributed by atoms with van der Waals surface area (Å²) in [7, 11) is 1.40. The molecule has 1 heterocycles. The monoisotopic (exact) mass is 571 g/mol. The quantitative estimate of drug-likeness (QED) is 0.432. The van der Waals surface area contributed by atoms with Crippen LogP contribution in [0, 0.1) is 6.92 Å². The van der Waals surface area contributed by atoms with Gasteiger partial charge >= 0.3 is 5.97 Å². The van der Waals surface area contributed by atoms with Crippen molar-refractivity contribution in [3.8, 4) is 11.5 Å². The number of ether oxygens (including phenoxy) is 2. The molecule has 0 aliphatic heterocycles. The van der Waals surface area contributed by atoms with Gasteiger partial charge in [0.15, 0.2) is 17.6 Å². The van der Waals surface area contributed by atoms with Gasteiger partial charge in [-0.1, -0.05) is 27.5 Å². The first-order valence-corrected chi connectivity index (χ1v) is 10.8. The standard InChI is InChI=1S/C20H16Br2ClN3O5/c1-9(20(28)29)31-18-15(30-3)6-11(16(22)17(18)23)8-24-26-10(2)25-14-5-4-12(21)7-13(14)19(26)27/h4-9H,1-3H3,(H,28,29)/t9-/m1/s1. The number of fused-ring (bicyclic) bond motifs is 1. The summed E-state index contributed by atoms with van der Waals surface area (Å²) in [6.07, 6.45) is 0.282. The van der Waals surface area contributed by atoms with Gasteiger partial charge in [0, 0.05) is 14.5 Å². The highest BCUT2D eigenvalue weighted by Crippen LogP contribution is 2.42.